The summed E-state index contributed by atoms with van der Waals surface area (Å²) in [5.74, 6) is -2.27. The smallest absolute Gasteiger partial charge is 0.270 e. The number of carbonyl (C=O) groups excluding carboxylic acids is 1. The van der Waals surface area contributed by atoms with Gasteiger partial charge < -0.3 is 16.2 Å². The lowest BCUT2D eigenvalue weighted by Crippen LogP contribution is -2.61. The maximum atomic E-state index is 11.1. The zero-order chi connectivity index (χ0) is 8.77. The molecule has 0 aromatic rings. The summed E-state index contributed by atoms with van der Waals surface area (Å²) in [5, 5.41) is 14.3. The van der Waals surface area contributed by atoms with Gasteiger partial charge in [-0.3, -0.25) is 15.1 Å². The number of nitrogens with two attached hydrogens (primary N) is 1. The molecule has 5 N–H and O–H groups in total. The van der Waals surface area contributed by atoms with Crippen LogP contribution in [0.25, 0.3) is 0 Å². The van der Waals surface area contributed by atoms with E-state index in [1.54, 1.807) is 0 Å². The van der Waals surface area contributed by atoms with E-state index in [-0.39, 0.29) is 5.96 Å². The monoisotopic (exact) mass is 169 g/mol. The summed E-state index contributed by atoms with van der Waals surface area (Å²) in [4.78, 5) is 18.4. The van der Waals surface area contributed by atoms with Crippen molar-refractivity contribution >= 4 is 18.2 Å². The number of nitrogens with zero attached hydrogens (tertiary/aromatic N) is 2. The van der Waals surface area contributed by atoms with Gasteiger partial charge in [0.2, 0.25) is 0 Å². The molecule has 0 spiro atoms. The van der Waals surface area contributed by atoms with Crippen LogP contribution in [0.4, 0.5) is 0 Å². The SMILES string of the molecule is NC1=N[C@]2(O)NC=N[C@H]2C(=O)N1. The highest BCUT2D eigenvalue weighted by Gasteiger charge is 2.47. The molecule has 1 amide bonds. The second-order valence-electron chi connectivity index (χ2n) is 2.54. The fourth-order valence-electron chi connectivity index (χ4n) is 1.14. The van der Waals surface area contributed by atoms with Crippen molar-refractivity contribution in [2.45, 2.75) is 11.9 Å². The van der Waals surface area contributed by atoms with Gasteiger partial charge in [-0.1, -0.05) is 0 Å². The van der Waals surface area contributed by atoms with Crippen LogP contribution in [0.15, 0.2) is 9.98 Å². The molecule has 2 atom stereocenters. The van der Waals surface area contributed by atoms with Crippen LogP contribution in [0.2, 0.25) is 0 Å². The van der Waals surface area contributed by atoms with Gasteiger partial charge in [0.1, 0.15) is 0 Å². The van der Waals surface area contributed by atoms with Gasteiger partial charge in [-0.05, 0) is 0 Å². The quantitative estimate of drug-likeness (QED) is 0.311. The maximum Gasteiger partial charge on any atom is 0.270 e. The van der Waals surface area contributed by atoms with E-state index in [9.17, 15) is 9.90 Å². The first-order valence-electron chi connectivity index (χ1n) is 3.30. The van der Waals surface area contributed by atoms with Crippen LogP contribution in [-0.2, 0) is 4.79 Å². The number of nitrogens with one attached hydrogen (secondary N) is 2. The fourth-order valence-corrected chi connectivity index (χ4v) is 1.14. The minimum absolute atomic E-state index is 0.114. The van der Waals surface area contributed by atoms with Gasteiger partial charge in [-0.2, -0.15) is 4.99 Å². The molecule has 0 bridgehead atoms. The molecular formula is C5H7N5O2. The van der Waals surface area contributed by atoms with E-state index in [0.717, 1.165) is 0 Å². The molecule has 7 nitrogen and oxygen atoms in total. The lowest BCUT2D eigenvalue weighted by molar-refractivity contribution is -0.127. The standard InChI is InChI=1S/C5H7N5O2/c6-4-9-3(11)2-5(12,10-4)8-1-7-2/h1-2,12H,(H,7,8)(H3,6,9,10,11)/t2-,5+/m0/s1. The lowest BCUT2D eigenvalue weighted by atomic mass is 10.1. The van der Waals surface area contributed by atoms with Crippen molar-refractivity contribution in [1.82, 2.24) is 10.6 Å². The molecule has 0 aromatic carbocycles. The Morgan fingerprint density at radius 3 is 3.25 bits per heavy atom. The van der Waals surface area contributed by atoms with Crippen LogP contribution in [0.3, 0.4) is 0 Å². The number of aliphatic imine (C=N–C) groups is 2. The van der Waals surface area contributed by atoms with Crippen molar-refractivity contribution in [2.24, 2.45) is 15.7 Å². The zero-order valence-corrected chi connectivity index (χ0v) is 5.98. The van der Waals surface area contributed by atoms with Crippen LogP contribution in [-0.4, -0.2) is 35.2 Å². The Bertz CT molecular complexity index is 298. The Kier molecular flexibility index (Phi) is 1.14. The van der Waals surface area contributed by atoms with E-state index >= 15 is 0 Å². The highest BCUT2D eigenvalue weighted by Crippen LogP contribution is 2.18. The zero-order valence-electron chi connectivity index (χ0n) is 5.98. The molecule has 0 unspecified atom stereocenters. The molecule has 64 valence electrons. The first-order valence-corrected chi connectivity index (χ1v) is 3.30. The highest BCUT2D eigenvalue weighted by molar-refractivity contribution is 6.02. The Balaban J connectivity index is 2.42. The van der Waals surface area contributed by atoms with E-state index in [4.69, 9.17) is 5.73 Å². The Hall–Kier alpha value is -1.63. The molecule has 12 heavy (non-hydrogen) atoms. The van der Waals surface area contributed by atoms with Gasteiger partial charge >= 0.3 is 0 Å². The molecule has 2 aliphatic heterocycles. The molecule has 2 aliphatic rings. The minimum Gasteiger partial charge on any atom is -0.369 e. The topological polar surface area (TPSA) is 112 Å². The third-order valence-corrected chi connectivity index (χ3v) is 1.67. The number of hydrogen-bond donors (Lipinski definition) is 4. The van der Waals surface area contributed by atoms with Crippen LogP contribution in [0.1, 0.15) is 0 Å². The largest absolute Gasteiger partial charge is 0.369 e. The van der Waals surface area contributed by atoms with E-state index < -0.39 is 17.8 Å². The predicted octanol–water partition coefficient (Wildman–Crippen LogP) is -2.92. The van der Waals surface area contributed by atoms with Crippen LogP contribution in [0.5, 0.6) is 0 Å². The maximum absolute atomic E-state index is 11.1. The number of rotatable bonds is 0. The molecule has 0 saturated heterocycles. The second kappa shape index (κ2) is 1.95. The number of carbonyl (C=O) groups is 1. The Morgan fingerprint density at radius 1 is 1.75 bits per heavy atom. The van der Waals surface area contributed by atoms with Crippen LogP contribution in [0, 0.1) is 0 Å². The lowest BCUT2D eigenvalue weighted by Gasteiger charge is -2.27. The molecule has 2 heterocycles. The first kappa shape index (κ1) is 7.04. The summed E-state index contributed by atoms with van der Waals surface area (Å²) in [5.41, 5.74) is 5.23. The van der Waals surface area contributed by atoms with Crippen molar-refractivity contribution in [3.63, 3.8) is 0 Å². The number of fused-ring (bicyclic) bond motifs is 1. The number of guanidine groups is 1. The van der Waals surface area contributed by atoms with Crippen molar-refractivity contribution in [3.05, 3.63) is 0 Å². The highest BCUT2D eigenvalue weighted by atomic mass is 16.3. The van der Waals surface area contributed by atoms with Gasteiger partial charge in [-0.15, -0.1) is 0 Å². The van der Waals surface area contributed by atoms with Gasteiger partial charge in [0.15, 0.2) is 12.0 Å². The molecule has 0 saturated carbocycles. The molecule has 2 rings (SSSR count). The summed E-state index contributed by atoms with van der Waals surface area (Å²) in [6, 6.07) is -0.940. The van der Waals surface area contributed by atoms with Gasteiger partial charge in [0.25, 0.3) is 11.8 Å². The van der Waals surface area contributed by atoms with Crippen molar-refractivity contribution in [2.75, 3.05) is 0 Å². The second-order valence-corrected chi connectivity index (χ2v) is 2.54. The average Bonchev–Trinajstić information content (AvgIpc) is 2.29. The van der Waals surface area contributed by atoms with Gasteiger partial charge in [0.05, 0.1) is 6.34 Å². The van der Waals surface area contributed by atoms with Crippen LogP contribution < -0.4 is 16.4 Å². The third kappa shape index (κ3) is 0.766. The number of aliphatic hydroxyl groups is 1. The minimum atomic E-state index is -1.69. The number of amides is 1. The predicted molar refractivity (Wildman–Crippen MR) is 40.1 cm³/mol. The summed E-state index contributed by atoms with van der Waals surface area (Å²) in [7, 11) is 0. The molecule has 0 aromatic heterocycles. The third-order valence-electron chi connectivity index (χ3n) is 1.67. The van der Waals surface area contributed by atoms with Crippen molar-refractivity contribution in [3.8, 4) is 0 Å². The summed E-state index contributed by atoms with van der Waals surface area (Å²) in [6.45, 7) is 0. The summed E-state index contributed by atoms with van der Waals surface area (Å²) < 4.78 is 0. The molecule has 0 radical (unpaired) electrons. The van der Waals surface area contributed by atoms with E-state index in [0.29, 0.717) is 0 Å². The molecule has 0 aliphatic carbocycles. The van der Waals surface area contributed by atoms with Gasteiger partial charge in [0, 0.05) is 0 Å². The van der Waals surface area contributed by atoms with Crippen molar-refractivity contribution < 1.29 is 9.90 Å². The first-order chi connectivity index (χ1) is 5.62. The molecule has 0 fully saturated rings. The average molecular weight is 169 g/mol. The molecular weight excluding hydrogens is 162 g/mol. The van der Waals surface area contributed by atoms with E-state index in [1.165, 1.54) is 6.34 Å². The Morgan fingerprint density at radius 2 is 2.50 bits per heavy atom. The summed E-state index contributed by atoms with van der Waals surface area (Å²) in [6.07, 6.45) is 1.23. The summed E-state index contributed by atoms with van der Waals surface area (Å²) >= 11 is 0. The normalized spacial score (nSPS) is 38.2. The van der Waals surface area contributed by atoms with E-state index in [2.05, 4.69) is 20.6 Å². The van der Waals surface area contributed by atoms with Crippen molar-refractivity contribution in [1.29, 1.82) is 0 Å². The Labute approximate surface area is 67.4 Å². The van der Waals surface area contributed by atoms with Crippen LogP contribution >= 0.6 is 0 Å². The van der Waals surface area contributed by atoms with E-state index in [1.807, 2.05) is 0 Å². The van der Waals surface area contributed by atoms with Gasteiger partial charge in [-0.25, -0.2) is 0 Å². The molecule has 7 heteroatoms. The fraction of sp³-hybridized carbons (Fsp3) is 0.400. The number of hydrogen-bond acceptors (Lipinski definition) is 6.